The Bertz CT molecular complexity index is 1630. The second-order valence-electron chi connectivity index (χ2n) is 10.3. The molecule has 42 heavy (non-hydrogen) atoms. The number of nitrogens with zero attached hydrogens (tertiary/aromatic N) is 3. The molecule has 2 N–H and O–H groups in total. The number of anilines is 1. The number of carbonyl (C=O) groups excluding carboxylic acids is 2. The number of hydrogen-bond donors (Lipinski definition) is 2. The van der Waals surface area contributed by atoms with Crippen LogP contribution < -0.4 is 10.6 Å². The van der Waals surface area contributed by atoms with Crippen molar-refractivity contribution >= 4 is 44.3 Å². The number of pyridine rings is 1. The van der Waals surface area contributed by atoms with Gasteiger partial charge in [0.25, 0.3) is 11.8 Å². The second-order valence-corrected chi connectivity index (χ2v) is 11.3. The van der Waals surface area contributed by atoms with E-state index >= 15 is 0 Å². The average Bonchev–Trinajstić information content (AvgIpc) is 3.22. The van der Waals surface area contributed by atoms with Crippen LogP contribution in [0.25, 0.3) is 10.9 Å². The largest absolute Gasteiger partial charge is 0.433 e. The number of rotatable bonds is 7. The zero-order valence-corrected chi connectivity index (χ0v) is 24.6. The SMILES string of the molecule is Cc1nn(Cc2ccc(C(=O)NCC3CCOCC3)cc2)c(C)c1NC(=O)c1cc(C(F)(F)F)nc2ccc(Br)cc12. The maximum absolute atomic E-state index is 13.5. The van der Waals surface area contributed by atoms with Crippen LogP contribution in [0.2, 0.25) is 0 Å². The Morgan fingerprint density at radius 1 is 1.05 bits per heavy atom. The van der Waals surface area contributed by atoms with Gasteiger partial charge in [-0.15, -0.1) is 0 Å². The minimum Gasteiger partial charge on any atom is -0.381 e. The number of amides is 2. The lowest BCUT2D eigenvalue weighted by Crippen LogP contribution is -2.32. The predicted octanol–water partition coefficient (Wildman–Crippen LogP) is 6.29. The fourth-order valence-electron chi connectivity index (χ4n) is 4.97. The molecule has 0 atom stereocenters. The summed E-state index contributed by atoms with van der Waals surface area (Å²) in [6.45, 7) is 5.93. The maximum Gasteiger partial charge on any atom is 0.433 e. The molecule has 2 amide bonds. The molecule has 4 aromatic rings. The van der Waals surface area contributed by atoms with Crippen molar-refractivity contribution in [2.45, 2.75) is 39.4 Å². The van der Waals surface area contributed by atoms with E-state index in [1.165, 1.54) is 6.07 Å². The first-order chi connectivity index (χ1) is 20.0. The molecule has 2 aromatic carbocycles. The van der Waals surface area contributed by atoms with E-state index in [1.807, 2.05) is 12.1 Å². The van der Waals surface area contributed by atoms with E-state index < -0.39 is 17.8 Å². The monoisotopic (exact) mass is 643 g/mol. The van der Waals surface area contributed by atoms with Gasteiger partial charge in [-0.1, -0.05) is 28.1 Å². The van der Waals surface area contributed by atoms with Crippen molar-refractivity contribution < 1.29 is 27.5 Å². The minimum atomic E-state index is -4.71. The van der Waals surface area contributed by atoms with Gasteiger partial charge in [-0.2, -0.15) is 18.3 Å². The van der Waals surface area contributed by atoms with E-state index in [-0.39, 0.29) is 22.4 Å². The third kappa shape index (κ3) is 6.65. The maximum atomic E-state index is 13.5. The Balaban J connectivity index is 1.31. The molecular weight excluding hydrogens is 615 g/mol. The fourth-order valence-corrected chi connectivity index (χ4v) is 5.33. The molecule has 0 radical (unpaired) electrons. The van der Waals surface area contributed by atoms with Gasteiger partial charge in [0.1, 0.15) is 5.69 Å². The van der Waals surface area contributed by atoms with Crippen molar-refractivity contribution in [3.8, 4) is 0 Å². The summed E-state index contributed by atoms with van der Waals surface area (Å²) in [4.78, 5) is 29.6. The molecule has 1 saturated heterocycles. The highest BCUT2D eigenvalue weighted by Gasteiger charge is 2.34. The Kier molecular flexibility index (Phi) is 8.65. The molecule has 1 fully saturated rings. The van der Waals surface area contributed by atoms with Crippen LogP contribution >= 0.6 is 15.9 Å². The summed E-state index contributed by atoms with van der Waals surface area (Å²) in [7, 11) is 0. The fraction of sp³-hybridized carbons (Fsp3) is 0.333. The summed E-state index contributed by atoms with van der Waals surface area (Å²) < 4.78 is 48.3. The summed E-state index contributed by atoms with van der Waals surface area (Å²) >= 11 is 3.31. The molecule has 5 rings (SSSR count). The topological polar surface area (TPSA) is 98.1 Å². The van der Waals surface area contributed by atoms with Crippen LogP contribution in [0.3, 0.4) is 0 Å². The first kappa shape index (κ1) is 29.7. The van der Waals surface area contributed by atoms with E-state index in [4.69, 9.17) is 4.74 Å². The molecule has 3 heterocycles. The first-order valence-electron chi connectivity index (χ1n) is 13.5. The minimum absolute atomic E-state index is 0.0584. The number of nitrogens with one attached hydrogen (secondary N) is 2. The Morgan fingerprint density at radius 3 is 2.45 bits per heavy atom. The van der Waals surface area contributed by atoms with Gasteiger partial charge in [-0.3, -0.25) is 14.3 Å². The Morgan fingerprint density at radius 2 is 1.76 bits per heavy atom. The number of ether oxygens (including phenoxy) is 1. The number of aromatic nitrogens is 3. The summed E-state index contributed by atoms with van der Waals surface area (Å²) in [5.41, 5.74) is 1.77. The van der Waals surface area contributed by atoms with Crippen LogP contribution in [0.5, 0.6) is 0 Å². The first-order valence-corrected chi connectivity index (χ1v) is 14.3. The number of benzene rings is 2. The van der Waals surface area contributed by atoms with Crippen LogP contribution in [-0.2, 0) is 17.5 Å². The Hall–Kier alpha value is -3.77. The molecule has 0 unspecified atom stereocenters. The van der Waals surface area contributed by atoms with Crippen molar-refractivity contribution in [3.63, 3.8) is 0 Å². The standard InChI is InChI=1S/C30H29BrF3N5O3/c1-17-27(37-29(41)24-14-26(30(32,33)34)36-25-8-7-22(31)13-23(24)25)18(2)39(38-17)16-20-3-5-21(6-4-20)28(40)35-15-19-9-11-42-12-10-19/h3-8,13-14,19H,9-12,15-16H2,1-2H3,(H,35,40)(H,37,41). The number of carbonyl (C=O) groups is 2. The third-order valence-corrected chi connectivity index (χ3v) is 7.86. The van der Waals surface area contributed by atoms with Gasteiger partial charge in [0.2, 0.25) is 0 Å². The van der Waals surface area contributed by atoms with E-state index in [9.17, 15) is 22.8 Å². The van der Waals surface area contributed by atoms with Crippen molar-refractivity contribution in [2.24, 2.45) is 5.92 Å². The smallest absolute Gasteiger partial charge is 0.381 e. The molecule has 1 aliphatic heterocycles. The number of alkyl halides is 3. The van der Waals surface area contributed by atoms with E-state index in [1.54, 1.807) is 42.8 Å². The molecule has 1 aliphatic rings. The van der Waals surface area contributed by atoms with Gasteiger partial charge in [0.05, 0.1) is 34.7 Å². The van der Waals surface area contributed by atoms with E-state index in [2.05, 4.69) is 36.6 Å². The van der Waals surface area contributed by atoms with Crippen molar-refractivity contribution in [2.75, 3.05) is 25.1 Å². The summed E-state index contributed by atoms with van der Waals surface area (Å²) in [6.07, 6.45) is -2.83. The molecule has 12 heteroatoms. The van der Waals surface area contributed by atoms with Crippen LogP contribution in [0.4, 0.5) is 18.9 Å². The molecule has 0 saturated carbocycles. The highest BCUT2D eigenvalue weighted by Crippen LogP contribution is 2.33. The van der Waals surface area contributed by atoms with Gasteiger partial charge in [0, 0.05) is 35.2 Å². The van der Waals surface area contributed by atoms with Crippen LogP contribution in [0.1, 0.15) is 56.2 Å². The number of halogens is 4. The summed E-state index contributed by atoms with van der Waals surface area (Å²) in [5.74, 6) is -0.407. The highest BCUT2D eigenvalue weighted by atomic mass is 79.9. The zero-order chi connectivity index (χ0) is 30.0. The van der Waals surface area contributed by atoms with Gasteiger partial charge < -0.3 is 15.4 Å². The van der Waals surface area contributed by atoms with Crippen molar-refractivity contribution in [3.05, 3.63) is 86.8 Å². The molecule has 0 bridgehead atoms. The van der Waals surface area contributed by atoms with Crippen molar-refractivity contribution in [1.29, 1.82) is 0 Å². The lowest BCUT2D eigenvalue weighted by atomic mass is 10.0. The third-order valence-electron chi connectivity index (χ3n) is 7.37. The number of hydrogen-bond acceptors (Lipinski definition) is 5. The van der Waals surface area contributed by atoms with Gasteiger partial charge in [-0.25, -0.2) is 4.98 Å². The predicted molar refractivity (Wildman–Crippen MR) is 156 cm³/mol. The van der Waals surface area contributed by atoms with Crippen LogP contribution in [-0.4, -0.2) is 46.3 Å². The molecule has 8 nitrogen and oxygen atoms in total. The van der Waals surface area contributed by atoms with Gasteiger partial charge in [0.15, 0.2) is 0 Å². The second kappa shape index (κ2) is 12.2. The number of fused-ring (bicyclic) bond motifs is 1. The highest BCUT2D eigenvalue weighted by molar-refractivity contribution is 9.10. The molecule has 0 spiro atoms. The van der Waals surface area contributed by atoms with Gasteiger partial charge in [-0.05, 0) is 74.6 Å². The quantitative estimate of drug-likeness (QED) is 0.247. The Labute approximate surface area is 248 Å². The summed E-state index contributed by atoms with van der Waals surface area (Å²) in [5, 5.41) is 10.6. The van der Waals surface area contributed by atoms with Crippen LogP contribution in [0.15, 0.2) is 53.0 Å². The molecular formula is C30H29BrF3N5O3. The average molecular weight is 644 g/mol. The lowest BCUT2D eigenvalue weighted by molar-refractivity contribution is -0.141. The molecule has 2 aromatic heterocycles. The summed E-state index contributed by atoms with van der Waals surface area (Å²) in [6, 6.07) is 12.5. The zero-order valence-electron chi connectivity index (χ0n) is 23.0. The van der Waals surface area contributed by atoms with Crippen LogP contribution in [0, 0.1) is 19.8 Å². The molecule has 220 valence electrons. The van der Waals surface area contributed by atoms with E-state index in [0.717, 1.165) is 37.7 Å². The van der Waals surface area contributed by atoms with Gasteiger partial charge >= 0.3 is 6.18 Å². The number of aryl methyl sites for hydroxylation is 1. The van der Waals surface area contributed by atoms with Crippen molar-refractivity contribution in [1.82, 2.24) is 20.1 Å². The molecule has 0 aliphatic carbocycles. The van der Waals surface area contributed by atoms with E-state index in [0.29, 0.717) is 46.1 Å². The lowest BCUT2D eigenvalue weighted by Gasteiger charge is -2.22. The normalized spacial score (nSPS) is 14.2.